The maximum absolute atomic E-state index is 4.97. The fraction of sp³-hybridized carbons (Fsp3) is 0.182. The third-order valence-electron chi connectivity index (χ3n) is 1.70. The summed E-state index contributed by atoms with van der Waals surface area (Å²) in [5.74, 6) is 0.842. The van der Waals surface area contributed by atoms with Crippen molar-refractivity contribution in [2.24, 2.45) is 0 Å². The van der Waals surface area contributed by atoms with Gasteiger partial charge in [0.2, 0.25) is 0 Å². The van der Waals surface area contributed by atoms with Crippen molar-refractivity contribution in [1.29, 1.82) is 0 Å². The Bertz CT molecular complexity index is 370. The SMILES string of the molecule is CCl.Cc1cc(-c2ccccc2)no1. The van der Waals surface area contributed by atoms with Gasteiger partial charge in [0.05, 0.1) is 0 Å². The van der Waals surface area contributed by atoms with E-state index in [1.54, 1.807) is 0 Å². The molecular formula is C11H12ClNO. The van der Waals surface area contributed by atoms with E-state index in [0.717, 1.165) is 17.0 Å². The fourth-order valence-electron chi connectivity index (χ4n) is 1.11. The molecule has 0 aliphatic carbocycles. The predicted octanol–water partition coefficient (Wildman–Crippen LogP) is 3.51. The molecule has 0 radical (unpaired) electrons. The molecule has 2 rings (SSSR count). The first kappa shape index (κ1) is 10.8. The Hall–Kier alpha value is -1.28. The summed E-state index contributed by atoms with van der Waals surface area (Å²) in [6, 6.07) is 11.9. The Balaban J connectivity index is 0.000000461. The first-order chi connectivity index (χ1) is 6.86. The van der Waals surface area contributed by atoms with E-state index in [1.807, 2.05) is 43.3 Å². The van der Waals surface area contributed by atoms with E-state index < -0.39 is 0 Å². The van der Waals surface area contributed by atoms with Gasteiger partial charge in [0.1, 0.15) is 11.5 Å². The molecule has 3 heteroatoms. The topological polar surface area (TPSA) is 26.0 Å². The highest BCUT2D eigenvalue weighted by Crippen LogP contribution is 2.17. The van der Waals surface area contributed by atoms with Gasteiger partial charge in [-0.15, -0.1) is 11.6 Å². The van der Waals surface area contributed by atoms with Gasteiger partial charge in [0.15, 0.2) is 0 Å². The highest BCUT2D eigenvalue weighted by Gasteiger charge is 2.00. The van der Waals surface area contributed by atoms with Crippen molar-refractivity contribution in [3.63, 3.8) is 0 Å². The van der Waals surface area contributed by atoms with E-state index in [2.05, 4.69) is 16.8 Å². The molecule has 0 spiro atoms. The Labute approximate surface area is 88.5 Å². The monoisotopic (exact) mass is 209 g/mol. The summed E-state index contributed by atoms with van der Waals surface area (Å²) in [4.78, 5) is 0. The van der Waals surface area contributed by atoms with Crippen molar-refractivity contribution >= 4 is 11.6 Å². The van der Waals surface area contributed by atoms with Gasteiger partial charge in [-0.2, -0.15) is 0 Å². The largest absolute Gasteiger partial charge is 0.361 e. The van der Waals surface area contributed by atoms with Gasteiger partial charge in [-0.25, -0.2) is 0 Å². The number of rotatable bonds is 1. The molecular weight excluding hydrogens is 198 g/mol. The van der Waals surface area contributed by atoms with Crippen LogP contribution in [0.1, 0.15) is 5.76 Å². The molecule has 0 atom stereocenters. The summed E-state index contributed by atoms with van der Waals surface area (Å²) in [6.07, 6.45) is 1.47. The van der Waals surface area contributed by atoms with Gasteiger partial charge < -0.3 is 4.52 Å². The number of nitrogens with zero attached hydrogens (tertiary/aromatic N) is 1. The van der Waals surface area contributed by atoms with Gasteiger partial charge in [0.25, 0.3) is 0 Å². The number of hydrogen-bond donors (Lipinski definition) is 0. The number of aromatic nitrogens is 1. The first-order valence-electron chi connectivity index (χ1n) is 4.23. The first-order valence-corrected chi connectivity index (χ1v) is 4.98. The van der Waals surface area contributed by atoms with Gasteiger partial charge in [-0.05, 0) is 6.92 Å². The standard InChI is InChI=1S/C10H9NO.CH3Cl/c1-8-7-10(11-12-8)9-5-3-2-4-6-9;1-2/h2-7H,1H3;1H3. The number of alkyl halides is 1. The molecule has 0 aliphatic rings. The van der Waals surface area contributed by atoms with Crippen LogP contribution in [0.3, 0.4) is 0 Å². The zero-order valence-corrected chi connectivity index (χ0v) is 8.95. The number of aryl methyl sites for hydroxylation is 1. The van der Waals surface area contributed by atoms with Crippen LogP contribution in [0, 0.1) is 6.92 Å². The lowest BCUT2D eigenvalue weighted by Gasteiger charge is -1.90. The van der Waals surface area contributed by atoms with Crippen LogP contribution in [-0.4, -0.2) is 11.5 Å². The number of hydrogen-bond acceptors (Lipinski definition) is 2. The average molecular weight is 210 g/mol. The molecule has 1 aromatic heterocycles. The van der Waals surface area contributed by atoms with E-state index in [1.165, 1.54) is 6.38 Å². The van der Waals surface area contributed by atoms with Gasteiger partial charge in [0, 0.05) is 18.0 Å². The van der Waals surface area contributed by atoms with Crippen molar-refractivity contribution in [2.75, 3.05) is 6.38 Å². The van der Waals surface area contributed by atoms with E-state index in [9.17, 15) is 0 Å². The lowest BCUT2D eigenvalue weighted by molar-refractivity contribution is 0.399. The second-order valence-corrected chi connectivity index (χ2v) is 2.69. The molecule has 0 aliphatic heterocycles. The number of benzene rings is 1. The fourth-order valence-corrected chi connectivity index (χ4v) is 1.11. The minimum absolute atomic E-state index is 0.842. The zero-order valence-electron chi connectivity index (χ0n) is 8.20. The highest BCUT2D eigenvalue weighted by atomic mass is 35.5. The third-order valence-corrected chi connectivity index (χ3v) is 1.70. The van der Waals surface area contributed by atoms with Crippen LogP contribution in [0.2, 0.25) is 0 Å². The average Bonchev–Trinajstić information content (AvgIpc) is 2.69. The molecule has 0 N–H and O–H groups in total. The van der Waals surface area contributed by atoms with Crippen LogP contribution in [-0.2, 0) is 0 Å². The summed E-state index contributed by atoms with van der Waals surface area (Å²) in [5, 5.41) is 3.91. The molecule has 2 nitrogen and oxygen atoms in total. The molecule has 0 fully saturated rings. The maximum Gasteiger partial charge on any atom is 0.134 e. The molecule has 74 valence electrons. The molecule has 0 unspecified atom stereocenters. The van der Waals surface area contributed by atoms with Crippen LogP contribution in [0.25, 0.3) is 11.3 Å². The molecule has 14 heavy (non-hydrogen) atoms. The molecule has 1 aromatic carbocycles. The Morgan fingerprint density at radius 1 is 1.14 bits per heavy atom. The Kier molecular flexibility index (Phi) is 4.20. The lowest BCUT2D eigenvalue weighted by atomic mass is 10.1. The molecule has 1 heterocycles. The second-order valence-electron chi connectivity index (χ2n) is 2.69. The van der Waals surface area contributed by atoms with E-state index in [4.69, 9.17) is 4.52 Å². The van der Waals surface area contributed by atoms with E-state index in [0.29, 0.717) is 0 Å². The van der Waals surface area contributed by atoms with Crippen LogP contribution in [0.15, 0.2) is 40.9 Å². The molecule has 0 saturated carbocycles. The second kappa shape index (κ2) is 5.45. The molecule has 0 saturated heterocycles. The van der Waals surface area contributed by atoms with E-state index >= 15 is 0 Å². The Morgan fingerprint density at radius 3 is 2.29 bits per heavy atom. The van der Waals surface area contributed by atoms with Gasteiger partial charge in [-0.3, -0.25) is 0 Å². The van der Waals surface area contributed by atoms with Crippen LogP contribution < -0.4 is 0 Å². The van der Waals surface area contributed by atoms with Gasteiger partial charge >= 0.3 is 0 Å². The summed E-state index contributed by atoms with van der Waals surface area (Å²) < 4.78 is 4.97. The summed E-state index contributed by atoms with van der Waals surface area (Å²) in [6.45, 7) is 1.89. The molecule has 0 bridgehead atoms. The zero-order chi connectivity index (χ0) is 10.4. The van der Waals surface area contributed by atoms with Crippen LogP contribution in [0.4, 0.5) is 0 Å². The van der Waals surface area contributed by atoms with Crippen molar-refractivity contribution < 1.29 is 4.52 Å². The quantitative estimate of drug-likeness (QED) is 0.672. The molecule has 2 aromatic rings. The van der Waals surface area contributed by atoms with Crippen LogP contribution in [0.5, 0.6) is 0 Å². The highest BCUT2D eigenvalue weighted by molar-refractivity contribution is 6.15. The summed E-state index contributed by atoms with van der Waals surface area (Å²) in [5.41, 5.74) is 1.99. The summed E-state index contributed by atoms with van der Waals surface area (Å²) in [7, 11) is 0. The summed E-state index contributed by atoms with van der Waals surface area (Å²) >= 11 is 4.64. The van der Waals surface area contributed by atoms with Crippen LogP contribution >= 0.6 is 11.6 Å². The van der Waals surface area contributed by atoms with Crippen molar-refractivity contribution in [1.82, 2.24) is 5.16 Å². The smallest absolute Gasteiger partial charge is 0.134 e. The molecule has 0 amide bonds. The Morgan fingerprint density at radius 2 is 1.79 bits per heavy atom. The van der Waals surface area contributed by atoms with E-state index in [-0.39, 0.29) is 0 Å². The van der Waals surface area contributed by atoms with Crippen molar-refractivity contribution in [3.8, 4) is 11.3 Å². The van der Waals surface area contributed by atoms with Crippen molar-refractivity contribution in [3.05, 3.63) is 42.2 Å². The van der Waals surface area contributed by atoms with Gasteiger partial charge in [-0.1, -0.05) is 35.5 Å². The maximum atomic E-state index is 4.97. The third kappa shape index (κ3) is 2.60. The minimum Gasteiger partial charge on any atom is -0.361 e. The number of halogens is 1. The minimum atomic E-state index is 0.842. The lowest BCUT2D eigenvalue weighted by Crippen LogP contribution is -1.73. The van der Waals surface area contributed by atoms with Crippen molar-refractivity contribution in [2.45, 2.75) is 6.92 Å². The normalized spacial score (nSPS) is 9.07. The predicted molar refractivity (Wildman–Crippen MR) is 58.5 cm³/mol.